The van der Waals surface area contributed by atoms with Gasteiger partial charge >= 0.3 is 0 Å². The molecule has 0 saturated carbocycles. The lowest BCUT2D eigenvalue weighted by Crippen LogP contribution is -2.41. The highest BCUT2D eigenvalue weighted by Crippen LogP contribution is 2.22. The van der Waals surface area contributed by atoms with Crippen LogP contribution in [0.1, 0.15) is 43.0 Å². The van der Waals surface area contributed by atoms with Crippen molar-refractivity contribution in [2.45, 2.75) is 45.0 Å². The molecule has 2 heterocycles. The van der Waals surface area contributed by atoms with Crippen LogP contribution >= 0.6 is 24.0 Å². The van der Waals surface area contributed by atoms with Gasteiger partial charge in [-0.2, -0.15) is 5.10 Å². The van der Waals surface area contributed by atoms with Crippen LogP contribution in [0.3, 0.4) is 0 Å². The molecule has 1 aromatic heterocycles. The highest BCUT2D eigenvalue weighted by atomic mass is 127. The molecule has 1 aliphatic rings. The summed E-state index contributed by atoms with van der Waals surface area (Å²) < 4.78 is 14.3. The summed E-state index contributed by atoms with van der Waals surface area (Å²) in [5.41, 5.74) is 1.10. The molecule has 0 bridgehead atoms. The van der Waals surface area contributed by atoms with Crippen molar-refractivity contribution in [3.63, 3.8) is 0 Å². The van der Waals surface area contributed by atoms with Gasteiger partial charge in [-0.05, 0) is 32.3 Å². The minimum atomic E-state index is -0.920. The van der Waals surface area contributed by atoms with E-state index in [1.54, 1.807) is 0 Å². The Balaban J connectivity index is 0.00000280. The van der Waals surface area contributed by atoms with Gasteiger partial charge in [0.1, 0.15) is 11.6 Å². The van der Waals surface area contributed by atoms with Crippen LogP contribution in [0, 0.1) is 6.92 Å². The first-order valence-electron chi connectivity index (χ1n) is 9.51. The second kappa shape index (κ2) is 11.5. The van der Waals surface area contributed by atoms with Crippen LogP contribution in [0.4, 0.5) is 0 Å². The molecule has 0 aliphatic carbocycles. The number of benzene rings is 1. The predicted octanol–water partition coefficient (Wildman–Crippen LogP) is 2.54. The number of rotatable bonds is 7. The van der Waals surface area contributed by atoms with Crippen LogP contribution in [0.2, 0.25) is 0 Å². The van der Waals surface area contributed by atoms with Crippen molar-refractivity contribution in [2.24, 2.45) is 4.99 Å². The number of hydrogen-bond acceptors (Lipinski definition) is 4. The number of halogens is 1. The third-order valence-corrected chi connectivity index (χ3v) is 5.69. The Kier molecular flexibility index (Phi) is 9.36. The minimum Gasteiger partial charge on any atom is -0.357 e. The lowest BCUT2D eigenvalue weighted by molar-refractivity contribution is 0.398. The molecule has 0 saturated heterocycles. The molecule has 154 valence electrons. The summed E-state index contributed by atoms with van der Waals surface area (Å²) >= 11 is 0. The van der Waals surface area contributed by atoms with Gasteiger partial charge in [0.05, 0.1) is 12.6 Å². The maximum Gasteiger partial charge on any atom is 0.191 e. The summed E-state index contributed by atoms with van der Waals surface area (Å²) in [5.74, 6) is 3.64. The highest BCUT2D eigenvalue weighted by molar-refractivity contribution is 14.0. The second-order valence-electron chi connectivity index (χ2n) is 6.61. The number of nitrogens with zero attached hydrogens (tertiary/aromatic N) is 4. The van der Waals surface area contributed by atoms with E-state index < -0.39 is 10.8 Å². The standard InChI is InChI=1S/C19H28N6OS.HI/c1-3-20-19(21-11-13-27(26)14-16-8-5-4-6-9-16)23-17-10-7-12-25-18(17)22-15(2)24-25;/h4-6,8-9,17H,3,7,10-14H2,1-2H3,(H2,20,21,23);1H. The van der Waals surface area contributed by atoms with E-state index in [1.165, 1.54) is 0 Å². The van der Waals surface area contributed by atoms with E-state index in [9.17, 15) is 4.21 Å². The SMILES string of the molecule is CCNC(=NCCS(=O)Cc1ccccc1)NC1CCCn2nc(C)nc21.I. The predicted molar refractivity (Wildman–Crippen MR) is 124 cm³/mol. The Morgan fingerprint density at radius 3 is 2.89 bits per heavy atom. The first-order valence-corrected chi connectivity index (χ1v) is 11.0. The van der Waals surface area contributed by atoms with Gasteiger partial charge in [-0.25, -0.2) is 9.67 Å². The Bertz CT molecular complexity index is 795. The van der Waals surface area contributed by atoms with Crippen LogP contribution in [0.25, 0.3) is 0 Å². The van der Waals surface area contributed by atoms with Gasteiger partial charge in [-0.3, -0.25) is 9.20 Å². The monoisotopic (exact) mass is 516 g/mol. The van der Waals surface area contributed by atoms with Crippen molar-refractivity contribution in [3.8, 4) is 0 Å². The van der Waals surface area contributed by atoms with Gasteiger partial charge in [0.2, 0.25) is 0 Å². The van der Waals surface area contributed by atoms with Crippen molar-refractivity contribution < 1.29 is 4.21 Å². The molecule has 0 radical (unpaired) electrons. The summed E-state index contributed by atoms with van der Waals surface area (Å²) in [6.07, 6.45) is 2.07. The first kappa shape index (κ1) is 22.8. The van der Waals surface area contributed by atoms with E-state index in [4.69, 9.17) is 0 Å². The lowest BCUT2D eigenvalue weighted by Gasteiger charge is -2.25. The zero-order valence-corrected chi connectivity index (χ0v) is 19.6. The zero-order valence-electron chi connectivity index (χ0n) is 16.4. The molecule has 7 nitrogen and oxygen atoms in total. The molecule has 1 aliphatic heterocycles. The number of aromatic nitrogens is 3. The maximum absolute atomic E-state index is 12.3. The Morgan fingerprint density at radius 2 is 2.14 bits per heavy atom. The summed E-state index contributed by atoms with van der Waals surface area (Å²) in [7, 11) is -0.920. The summed E-state index contributed by atoms with van der Waals surface area (Å²) in [5, 5.41) is 11.2. The van der Waals surface area contributed by atoms with E-state index in [1.807, 2.05) is 48.9 Å². The average Bonchev–Trinajstić information content (AvgIpc) is 3.04. The van der Waals surface area contributed by atoms with E-state index in [0.717, 1.165) is 49.1 Å². The molecule has 0 spiro atoms. The number of aryl methyl sites for hydroxylation is 2. The average molecular weight is 516 g/mol. The van der Waals surface area contributed by atoms with Gasteiger partial charge in [0, 0.05) is 35.4 Å². The topological polar surface area (TPSA) is 84.2 Å². The molecular formula is C19H29IN6OS. The first-order chi connectivity index (χ1) is 13.2. The fourth-order valence-corrected chi connectivity index (χ4v) is 4.19. The van der Waals surface area contributed by atoms with E-state index in [-0.39, 0.29) is 30.0 Å². The maximum atomic E-state index is 12.3. The molecular weight excluding hydrogens is 487 g/mol. The smallest absolute Gasteiger partial charge is 0.191 e. The molecule has 28 heavy (non-hydrogen) atoms. The largest absolute Gasteiger partial charge is 0.357 e. The molecule has 0 fully saturated rings. The Labute approximate surface area is 186 Å². The van der Waals surface area contributed by atoms with Crippen LogP contribution in [0.15, 0.2) is 35.3 Å². The normalized spacial score (nSPS) is 17.4. The van der Waals surface area contributed by atoms with E-state index in [0.29, 0.717) is 18.1 Å². The van der Waals surface area contributed by atoms with Crippen molar-refractivity contribution >= 4 is 40.7 Å². The number of fused-ring (bicyclic) bond motifs is 1. The van der Waals surface area contributed by atoms with Crippen LogP contribution in [-0.4, -0.2) is 43.8 Å². The molecule has 0 amide bonds. The number of hydrogen-bond donors (Lipinski definition) is 2. The molecule has 3 rings (SSSR count). The van der Waals surface area contributed by atoms with E-state index >= 15 is 0 Å². The molecule has 2 N–H and O–H groups in total. The van der Waals surface area contributed by atoms with Crippen LogP contribution in [0.5, 0.6) is 0 Å². The van der Waals surface area contributed by atoms with Gasteiger partial charge in [-0.15, -0.1) is 24.0 Å². The van der Waals surface area contributed by atoms with Crippen LogP contribution in [-0.2, 0) is 23.1 Å². The quantitative estimate of drug-likeness (QED) is 0.336. The van der Waals surface area contributed by atoms with Gasteiger partial charge < -0.3 is 10.6 Å². The molecule has 9 heteroatoms. The van der Waals surface area contributed by atoms with Crippen molar-refractivity contribution in [3.05, 3.63) is 47.5 Å². The summed E-state index contributed by atoms with van der Waals surface area (Å²) in [4.78, 5) is 9.17. The lowest BCUT2D eigenvalue weighted by atomic mass is 10.1. The van der Waals surface area contributed by atoms with Crippen molar-refractivity contribution in [2.75, 3.05) is 18.8 Å². The zero-order chi connectivity index (χ0) is 19.1. The number of nitrogens with one attached hydrogen (secondary N) is 2. The molecule has 2 atom stereocenters. The molecule has 2 unspecified atom stereocenters. The van der Waals surface area contributed by atoms with Gasteiger partial charge in [0.15, 0.2) is 5.96 Å². The summed E-state index contributed by atoms with van der Waals surface area (Å²) in [6, 6.07) is 10.0. The van der Waals surface area contributed by atoms with E-state index in [2.05, 4.69) is 25.7 Å². The fourth-order valence-electron chi connectivity index (χ4n) is 3.18. The third-order valence-electron chi connectivity index (χ3n) is 4.40. The highest BCUT2D eigenvalue weighted by Gasteiger charge is 2.24. The Morgan fingerprint density at radius 1 is 1.36 bits per heavy atom. The van der Waals surface area contributed by atoms with Gasteiger partial charge in [0.25, 0.3) is 0 Å². The van der Waals surface area contributed by atoms with Crippen molar-refractivity contribution in [1.29, 1.82) is 0 Å². The fraction of sp³-hybridized carbons (Fsp3) is 0.526. The minimum absolute atomic E-state index is 0. The number of guanidine groups is 1. The summed E-state index contributed by atoms with van der Waals surface area (Å²) in [6.45, 7) is 6.17. The number of aliphatic imine (C=N–C) groups is 1. The van der Waals surface area contributed by atoms with Crippen LogP contribution < -0.4 is 10.6 Å². The third kappa shape index (κ3) is 6.54. The van der Waals surface area contributed by atoms with Crippen molar-refractivity contribution in [1.82, 2.24) is 25.4 Å². The second-order valence-corrected chi connectivity index (χ2v) is 8.19. The molecule has 2 aromatic rings. The Hall–Kier alpha value is -1.49. The van der Waals surface area contributed by atoms with Gasteiger partial charge in [-0.1, -0.05) is 30.3 Å². The molecule has 1 aromatic carbocycles.